The second-order valence-corrected chi connectivity index (χ2v) is 8.80. The van der Waals surface area contributed by atoms with Crippen molar-refractivity contribution in [3.8, 4) is 5.75 Å². The summed E-state index contributed by atoms with van der Waals surface area (Å²) in [6.07, 6.45) is 1.22. The van der Waals surface area contributed by atoms with Gasteiger partial charge in [0.15, 0.2) is 0 Å². The fourth-order valence-corrected chi connectivity index (χ4v) is 4.91. The zero-order valence-electron chi connectivity index (χ0n) is 18.1. The van der Waals surface area contributed by atoms with Crippen LogP contribution in [-0.4, -0.2) is 39.3 Å². The fourth-order valence-electron chi connectivity index (χ4n) is 4.29. The number of amides is 2. The number of benzene rings is 2. The van der Waals surface area contributed by atoms with Crippen LogP contribution in [0.15, 0.2) is 53.5 Å². The van der Waals surface area contributed by atoms with Crippen molar-refractivity contribution in [1.29, 1.82) is 0 Å². The molecular formula is C24H18Cl2N4O4. The number of aryl methyl sites for hydroxylation is 1. The molecule has 2 N–H and O–H groups in total. The number of halogens is 2. The molecule has 3 heterocycles. The van der Waals surface area contributed by atoms with Crippen molar-refractivity contribution >= 4 is 56.8 Å². The number of alkyl halides is 1. The number of hydrogen-bond acceptors (Lipinski definition) is 5. The summed E-state index contributed by atoms with van der Waals surface area (Å²) < 4.78 is 5.36. The van der Waals surface area contributed by atoms with E-state index < -0.39 is 28.7 Å². The van der Waals surface area contributed by atoms with Crippen molar-refractivity contribution in [2.24, 2.45) is 0 Å². The van der Waals surface area contributed by atoms with Crippen molar-refractivity contribution in [3.05, 3.63) is 80.7 Å². The predicted molar refractivity (Wildman–Crippen MR) is 129 cm³/mol. The van der Waals surface area contributed by atoms with E-state index in [4.69, 9.17) is 27.9 Å². The number of hydrogen-bond donors (Lipinski definition) is 2. The van der Waals surface area contributed by atoms with E-state index in [2.05, 4.69) is 15.4 Å². The Morgan fingerprint density at radius 2 is 1.97 bits per heavy atom. The number of aromatic amines is 1. The zero-order chi connectivity index (χ0) is 24.1. The molecule has 2 amide bonds. The lowest BCUT2D eigenvalue weighted by Gasteiger charge is -2.44. The summed E-state index contributed by atoms with van der Waals surface area (Å²) in [4.78, 5) is 46.1. The Labute approximate surface area is 203 Å². The summed E-state index contributed by atoms with van der Waals surface area (Å²) in [5, 5.41) is 1.72. The number of methoxy groups -OCH3 is 1. The molecule has 5 rings (SSSR count). The van der Waals surface area contributed by atoms with Gasteiger partial charge in [-0.1, -0.05) is 29.8 Å². The SMILES string of the molecule is COc1ccccc1C1C(Cl)C(=O)N1NC(=O)c1cnc2c(ccc3[nH]c(Cl)cc(C)c32)c1=O. The van der Waals surface area contributed by atoms with Crippen LogP contribution in [0.3, 0.4) is 0 Å². The second-order valence-electron chi connectivity index (χ2n) is 7.92. The highest BCUT2D eigenvalue weighted by Crippen LogP contribution is 2.41. The molecule has 2 aromatic carbocycles. The first-order chi connectivity index (χ1) is 16.3. The van der Waals surface area contributed by atoms with E-state index in [0.29, 0.717) is 22.0 Å². The van der Waals surface area contributed by atoms with E-state index in [1.54, 1.807) is 42.5 Å². The average molecular weight is 497 g/mol. The molecule has 1 aliphatic rings. The molecular weight excluding hydrogens is 479 g/mol. The normalized spacial score (nSPS) is 17.6. The number of β-lactam (4-membered cyclic amide) rings is 1. The van der Waals surface area contributed by atoms with Gasteiger partial charge in [-0.25, -0.2) is 5.01 Å². The van der Waals surface area contributed by atoms with Crippen molar-refractivity contribution in [2.45, 2.75) is 18.3 Å². The van der Waals surface area contributed by atoms with Crippen LogP contribution in [0.25, 0.3) is 21.8 Å². The maximum Gasteiger partial charge on any atom is 0.275 e. The highest BCUT2D eigenvalue weighted by Gasteiger charge is 2.49. The van der Waals surface area contributed by atoms with Gasteiger partial charge in [0.25, 0.3) is 11.8 Å². The molecule has 1 fully saturated rings. The number of para-hydroxylation sites is 1. The molecule has 0 aliphatic carbocycles. The third-order valence-corrected chi connectivity index (χ3v) is 6.56. The number of nitrogens with zero attached hydrogens (tertiary/aromatic N) is 2. The van der Waals surface area contributed by atoms with E-state index in [-0.39, 0.29) is 10.9 Å². The summed E-state index contributed by atoms with van der Waals surface area (Å²) in [5.41, 5.74) is 4.49. The number of hydrazine groups is 1. The van der Waals surface area contributed by atoms with Gasteiger partial charge in [-0.3, -0.25) is 24.8 Å². The van der Waals surface area contributed by atoms with Gasteiger partial charge in [0.05, 0.1) is 12.6 Å². The van der Waals surface area contributed by atoms with Gasteiger partial charge in [-0.05, 0) is 36.8 Å². The van der Waals surface area contributed by atoms with Crippen molar-refractivity contribution < 1.29 is 14.3 Å². The van der Waals surface area contributed by atoms with Crippen LogP contribution in [0.2, 0.25) is 5.15 Å². The highest BCUT2D eigenvalue weighted by atomic mass is 35.5. The topological polar surface area (TPSA) is 104 Å². The standard InChI is InChI=1S/C24H18Cl2N4O4/c1-11-9-17(25)28-15-8-7-13-20(18(11)15)27-10-14(22(13)31)23(32)29-30-21(19(26)24(30)33)12-5-3-4-6-16(12)34-2/h3-10,19,21,28H,1-2H3,(H,29,32). The van der Waals surface area contributed by atoms with Gasteiger partial charge in [-0.2, -0.15) is 0 Å². The van der Waals surface area contributed by atoms with Crippen LogP contribution in [0, 0.1) is 6.92 Å². The average Bonchev–Trinajstić information content (AvgIpc) is 2.83. The number of ether oxygens (including phenoxy) is 1. The molecule has 0 spiro atoms. The summed E-state index contributed by atoms with van der Waals surface area (Å²) in [6, 6.07) is 11.5. The lowest BCUT2D eigenvalue weighted by Crippen LogP contribution is -2.63. The van der Waals surface area contributed by atoms with Crippen molar-refractivity contribution in [3.63, 3.8) is 0 Å². The number of carbonyl (C=O) groups is 2. The number of fused-ring (bicyclic) bond motifs is 3. The van der Waals surface area contributed by atoms with E-state index in [0.717, 1.165) is 21.5 Å². The minimum absolute atomic E-state index is 0.188. The monoisotopic (exact) mass is 496 g/mol. The molecule has 0 bridgehead atoms. The van der Waals surface area contributed by atoms with Crippen LogP contribution in [0.5, 0.6) is 5.75 Å². The minimum atomic E-state index is -0.879. The molecule has 2 unspecified atom stereocenters. The van der Waals surface area contributed by atoms with Gasteiger partial charge in [-0.15, -0.1) is 11.6 Å². The summed E-state index contributed by atoms with van der Waals surface area (Å²) in [6.45, 7) is 1.87. The second kappa shape index (κ2) is 8.30. The van der Waals surface area contributed by atoms with Gasteiger partial charge >= 0.3 is 0 Å². The van der Waals surface area contributed by atoms with Crippen molar-refractivity contribution in [2.75, 3.05) is 7.11 Å². The van der Waals surface area contributed by atoms with Gasteiger partial charge in [0.1, 0.15) is 27.9 Å². The summed E-state index contributed by atoms with van der Waals surface area (Å²) in [7, 11) is 1.51. The summed E-state index contributed by atoms with van der Waals surface area (Å²) >= 11 is 12.4. The molecule has 4 aromatic rings. The number of aromatic nitrogens is 2. The van der Waals surface area contributed by atoms with E-state index >= 15 is 0 Å². The first kappa shape index (κ1) is 22.2. The van der Waals surface area contributed by atoms with Crippen LogP contribution >= 0.6 is 23.2 Å². The number of nitrogens with one attached hydrogen (secondary N) is 2. The highest BCUT2D eigenvalue weighted by molar-refractivity contribution is 6.33. The molecule has 2 atom stereocenters. The first-order valence-electron chi connectivity index (χ1n) is 10.3. The first-order valence-corrected chi connectivity index (χ1v) is 11.1. The Morgan fingerprint density at radius 1 is 1.21 bits per heavy atom. The number of H-pyrrole nitrogens is 1. The van der Waals surface area contributed by atoms with Gasteiger partial charge in [0.2, 0.25) is 5.43 Å². The Balaban J connectivity index is 1.51. The third kappa shape index (κ3) is 3.38. The Kier molecular flexibility index (Phi) is 5.42. The van der Waals surface area contributed by atoms with Crippen molar-refractivity contribution in [1.82, 2.24) is 20.4 Å². The molecule has 8 nitrogen and oxygen atoms in total. The van der Waals surface area contributed by atoms with Crippen LogP contribution in [0.1, 0.15) is 27.5 Å². The maximum absolute atomic E-state index is 13.2. The van der Waals surface area contributed by atoms with E-state index in [9.17, 15) is 14.4 Å². The molecule has 0 saturated carbocycles. The zero-order valence-corrected chi connectivity index (χ0v) is 19.6. The predicted octanol–water partition coefficient (Wildman–Crippen LogP) is 3.88. The van der Waals surface area contributed by atoms with Gasteiger partial charge in [0, 0.05) is 28.0 Å². The number of rotatable bonds is 4. The molecule has 2 aromatic heterocycles. The van der Waals surface area contributed by atoms with E-state index in [1.807, 2.05) is 6.92 Å². The van der Waals surface area contributed by atoms with Gasteiger partial charge < -0.3 is 9.72 Å². The van der Waals surface area contributed by atoms with Crippen LogP contribution < -0.4 is 15.6 Å². The van der Waals surface area contributed by atoms with Crippen LogP contribution in [0.4, 0.5) is 0 Å². The quantitative estimate of drug-likeness (QED) is 0.193. The fraction of sp³-hybridized carbons (Fsp3) is 0.167. The molecule has 10 heteroatoms. The lowest BCUT2D eigenvalue weighted by atomic mass is 9.94. The van der Waals surface area contributed by atoms with E-state index in [1.165, 1.54) is 13.3 Å². The molecule has 0 radical (unpaired) electrons. The number of carbonyl (C=O) groups excluding carboxylic acids is 2. The Hall–Kier alpha value is -3.62. The minimum Gasteiger partial charge on any atom is -0.496 e. The Morgan fingerprint density at radius 3 is 2.74 bits per heavy atom. The maximum atomic E-state index is 13.2. The smallest absolute Gasteiger partial charge is 0.275 e. The lowest BCUT2D eigenvalue weighted by molar-refractivity contribution is -0.149. The number of pyridine rings is 2. The third-order valence-electron chi connectivity index (χ3n) is 5.93. The largest absolute Gasteiger partial charge is 0.496 e. The summed E-state index contributed by atoms with van der Waals surface area (Å²) in [5.74, 6) is -0.710. The Bertz CT molecular complexity index is 1550. The molecule has 1 saturated heterocycles. The molecule has 172 valence electrons. The molecule has 34 heavy (non-hydrogen) atoms. The molecule has 1 aliphatic heterocycles. The van der Waals surface area contributed by atoms with Crippen LogP contribution in [-0.2, 0) is 4.79 Å².